The molecule has 7 N–H and O–H groups in total. The number of carbonyl (C=O) groups is 2. The van der Waals surface area contributed by atoms with Crippen molar-refractivity contribution in [2.75, 3.05) is 11.9 Å². The molecule has 3 rings (SSSR count). The first-order valence-corrected chi connectivity index (χ1v) is 10.9. The highest BCUT2D eigenvalue weighted by Crippen LogP contribution is 2.26. The third-order valence-corrected chi connectivity index (χ3v) is 5.49. The number of hydrogen-bond donors (Lipinski definition) is 5. The number of primary sulfonamides is 1. The van der Waals surface area contributed by atoms with Crippen LogP contribution >= 0.6 is 0 Å². The Hall–Kier alpha value is -4.02. The van der Waals surface area contributed by atoms with E-state index in [9.17, 15) is 18.0 Å². The zero-order valence-electron chi connectivity index (χ0n) is 16.8. The summed E-state index contributed by atoms with van der Waals surface area (Å²) in [5.74, 6) is -1.04. The molecule has 0 saturated carbocycles. The van der Waals surface area contributed by atoms with Gasteiger partial charge in [0.05, 0.1) is 11.4 Å². The second-order valence-corrected chi connectivity index (χ2v) is 8.37. The van der Waals surface area contributed by atoms with Gasteiger partial charge in [-0.2, -0.15) is 0 Å². The van der Waals surface area contributed by atoms with Crippen LogP contribution in [0.15, 0.2) is 77.7 Å². The molecule has 32 heavy (non-hydrogen) atoms. The van der Waals surface area contributed by atoms with Crippen molar-refractivity contribution in [3.63, 3.8) is 0 Å². The summed E-state index contributed by atoms with van der Waals surface area (Å²) in [4.78, 5) is 24.5. The van der Waals surface area contributed by atoms with E-state index in [1.807, 2.05) is 0 Å². The van der Waals surface area contributed by atoms with Gasteiger partial charge in [0.15, 0.2) is 0 Å². The van der Waals surface area contributed by atoms with E-state index < -0.39 is 21.8 Å². The number of hydrogen-bond acceptors (Lipinski definition) is 5. The number of sulfonamides is 1. The smallest absolute Gasteiger partial charge is 0.251 e. The predicted octanol–water partition coefficient (Wildman–Crippen LogP) is 1.65. The summed E-state index contributed by atoms with van der Waals surface area (Å²) in [6, 6.07) is 19.1. The minimum absolute atomic E-state index is 0.0114. The van der Waals surface area contributed by atoms with Crippen molar-refractivity contribution in [3.05, 3.63) is 83.9 Å². The number of amides is 2. The van der Waals surface area contributed by atoms with Crippen LogP contribution in [0.3, 0.4) is 0 Å². The van der Waals surface area contributed by atoms with E-state index >= 15 is 0 Å². The maximum atomic E-state index is 12.4. The van der Waals surface area contributed by atoms with Crippen LogP contribution in [0.1, 0.15) is 15.9 Å². The van der Waals surface area contributed by atoms with Crippen molar-refractivity contribution in [1.29, 1.82) is 5.41 Å². The van der Waals surface area contributed by atoms with Gasteiger partial charge in [0.2, 0.25) is 15.9 Å². The molecule has 3 aromatic rings. The maximum Gasteiger partial charge on any atom is 0.251 e. The van der Waals surface area contributed by atoms with Gasteiger partial charge in [0.1, 0.15) is 5.84 Å². The van der Waals surface area contributed by atoms with Gasteiger partial charge in [-0.25, -0.2) is 13.6 Å². The fourth-order valence-electron chi connectivity index (χ4n) is 2.99. The van der Waals surface area contributed by atoms with Crippen LogP contribution in [0.5, 0.6) is 0 Å². The first kappa shape index (κ1) is 22.7. The normalized spacial score (nSPS) is 10.9. The number of benzene rings is 3. The molecule has 9 nitrogen and oxygen atoms in total. The Kier molecular flexibility index (Phi) is 6.67. The van der Waals surface area contributed by atoms with Gasteiger partial charge < -0.3 is 16.4 Å². The van der Waals surface area contributed by atoms with Crippen molar-refractivity contribution in [1.82, 2.24) is 5.32 Å². The third-order valence-electron chi connectivity index (χ3n) is 4.52. The van der Waals surface area contributed by atoms with Crippen molar-refractivity contribution < 1.29 is 18.0 Å². The van der Waals surface area contributed by atoms with Gasteiger partial charge in [-0.15, -0.1) is 0 Å². The van der Waals surface area contributed by atoms with E-state index in [4.69, 9.17) is 16.3 Å². The molecule has 164 valence electrons. The summed E-state index contributed by atoms with van der Waals surface area (Å²) in [5, 5.41) is 17.8. The highest BCUT2D eigenvalue weighted by Gasteiger charge is 2.15. The second-order valence-electron chi connectivity index (χ2n) is 6.84. The van der Waals surface area contributed by atoms with E-state index in [2.05, 4.69) is 10.6 Å². The Morgan fingerprint density at radius 1 is 0.906 bits per heavy atom. The number of carbonyl (C=O) groups excluding carboxylic acids is 2. The predicted molar refractivity (Wildman–Crippen MR) is 122 cm³/mol. The Morgan fingerprint density at radius 2 is 1.59 bits per heavy atom. The monoisotopic (exact) mass is 451 g/mol. The van der Waals surface area contributed by atoms with Crippen LogP contribution in [0.2, 0.25) is 0 Å². The summed E-state index contributed by atoms with van der Waals surface area (Å²) in [7, 11) is -3.90. The molecule has 3 aromatic carbocycles. The van der Waals surface area contributed by atoms with Crippen LogP contribution in [0.4, 0.5) is 5.69 Å². The second kappa shape index (κ2) is 9.41. The zero-order valence-corrected chi connectivity index (χ0v) is 17.6. The lowest BCUT2D eigenvalue weighted by Gasteiger charge is -2.10. The molecule has 0 unspecified atom stereocenters. The fraction of sp³-hybridized carbons (Fsp3) is 0.0455. The molecule has 0 heterocycles. The van der Waals surface area contributed by atoms with E-state index in [0.717, 1.165) is 0 Å². The Balaban J connectivity index is 1.64. The average Bonchev–Trinajstić information content (AvgIpc) is 2.77. The van der Waals surface area contributed by atoms with Crippen LogP contribution < -0.4 is 21.5 Å². The molecule has 0 saturated heterocycles. The Bertz CT molecular complexity index is 1290. The molecule has 0 aliphatic carbocycles. The summed E-state index contributed by atoms with van der Waals surface area (Å²) in [5.41, 5.74) is 7.66. The van der Waals surface area contributed by atoms with Crippen molar-refractivity contribution in [2.24, 2.45) is 10.9 Å². The summed E-state index contributed by atoms with van der Waals surface area (Å²) in [6.07, 6.45) is 0. The lowest BCUT2D eigenvalue weighted by atomic mass is 10.0. The Morgan fingerprint density at radius 3 is 2.25 bits per heavy atom. The number of rotatable bonds is 7. The van der Waals surface area contributed by atoms with Gasteiger partial charge in [0, 0.05) is 22.4 Å². The number of amidine groups is 1. The third kappa shape index (κ3) is 5.56. The van der Waals surface area contributed by atoms with E-state index in [0.29, 0.717) is 27.9 Å². The van der Waals surface area contributed by atoms with E-state index in [1.165, 1.54) is 18.2 Å². The summed E-state index contributed by atoms with van der Waals surface area (Å²) in [6.45, 7) is -0.265. The van der Waals surface area contributed by atoms with Crippen molar-refractivity contribution in [3.8, 4) is 11.1 Å². The number of nitrogen functional groups attached to an aromatic ring is 1. The standard InChI is InChI=1S/C22H21N5O4S/c23-21(24)16-4-3-5-17(12-16)27-20(28)13-26-22(29)15-10-8-14(9-11-15)18-6-1-2-7-19(18)32(25,30)31/h1-12H,13H2,(H3,23,24)(H,26,29)(H,27,28)(H2,25,30,31). The van der Waals surface area contributed by atoms with Gasteiger partial charge in [-0.3, -0.25) is 15.0 Å². The number of anilines is 1. The summed E-state index contributed by atoms with van der Waals surface area (Å²) >= 11 is 0. The molecule has 0 aromatic heterocycles. The highest BCUT2D eigenvalue weighted by atomic mass is 32.2. The summed E-state index contributed by atoms with van der Waals surface area (Å²) < 4.78 is 23.6. The van der Waals surface area contributed by atoms with Crippen LogP contribution in [-0.4, -0.2) is 32.6 Å². The topological polar surface area (TPSA) is 168 Å². The molecule has 10 heteroatoms. The van der Waals surface area contributed by atoms with Gasteiger partial charge in [0.25, 0.3) is 5.91 Å². The quantitative estimate of drug-likeness (QED) is 0.271. The largest absolute Gasteiger partial charge is 0.384 e. The van der Waals surface area contributed by atoms with Crippen molar-refractivity contribution in [2.45, 2.75) is 4.90 Å². The minimum atomic E-state index is -3.90. The van der Waals surface area contributed by atoms with Gasteiger partial charge in [-0.05, 0) is 35.9 Å². The zero-order chi connectivity index (χ0) is 23.3. The van der Waals surface area contributed by atoms with Crippen LogP contribution in [-0.2, 0) is 14.8 Å². The lowest BCUT2D eigenvalue weighted by Crippen LogP contribution is -2.32. The van der Waals surface area contributed by atoms with E-state index in [-0.39, 0.29) is 17.3 Å². The molecule has 0 bridgehead atoms. The molecule has 0 spiro atoms. The number of nitrogens with one attached hydrogen (secondary N) is 3. The van der Waals surface area contributed by atoms with Crippen LogP contribution in [0.25, 0.3) is 11.1 Å². The molecule has 0 atom stereocenters. The van der Waals surface area contributed by atoms with Gasteiger partial charge in [-0.1, -0.05) is 42.5 Å². The lowest BCUT2D eigenvalue weighted by molar-refractivity contribution is -0.115. The Labute approximate surface area is 185 Å². The number of nitrogens with two attached hydrogens (primary N) is 2. The van der Waals surface area contributed by atoms with E-state index in [1.54, 1.807) is 54.6 Å². The molecule has 0 radical (unpaired) electrons. The fourth-order valence-corrected chi connectivity index (χ4v) is 3.75. The molecular weight excluding hydrogens is 430 g/mol. The molecule has 0 aliphatic heterocycles. The first-order chi connectivity index (χ1) is 15.1. The molecule has 0 fully saturated rings. The molecular formula is C22H21N5O4S. The molecule has 2 amide bonds. The average molecular weight is 452 g/mol. The van der Waals surface area contributed by atoms with Crippen molar-refractivity contribution >= 4 is 33.4 Å². The molecule has 0 aliphatic rings. The maximum absolute atomic E-state index is 12.4. The first-order valence-electron chi connectivity index (χ1n) is 9.40. The van der Waals surface area contributed by atoms with Gasteiger partial charge >= 0.3 is 0 Å². The van der Waals surface area contributed by atoms with Crippen LogP contribution in [0, 0.1) is 5.41 Å². The SMILES string of the molecule is N=C(N)c1cccc(NC(=O)CNC(=O)c2ccc(-c3ccccc3S(N)(=O)=O)cc2)c1. The minimum Gasteiger partial charge on any atom is -0.384 e. The highest BCUT2D eigenvalue weighted by molar-refractivity contribution is 7.89.